The van der Waals surface area contributed by atoms with E-state index in [1.54, 1.807) is 13.2 Å². The summed E-state index contributed by atoms with van der Waals surface area (Å²) in [5, 5.41) is 2.94. The fourth-order valence-electron chi connectivity index (χ4n) is 2.98. The number of hydrogen-bond acceptors (Lipinski definition) is 4. The summed E-state index contributed by atoms with van der Waals surface area (Å²) < 4.78 is 10.9. The second-order valence-electron chi connectivity index (χ2n) is 6.34. The first kappa shape index (κ1) is 21.4. The Hall–Kier alpha value is -2.95. The molecule has 2 aromatic carbocycles. The zero-order valence-corrected chi connectivity index (χ0v) is 17.4. The molecule has 0 aromatic heterocycles. The summed E-state index contributed by atoms with van der Waals surface area (Å²) >= 11 is 0. The third-order valence-corrected chi connectivity index (χ3v) is 4.51. The second kappa shape index (κ2) is 10.4. The topological polar surface area (TPSA) is 50.8 Å². The minimum atomic E-state index is -0.174. The van der Waals surface area contributed by atoms with E-state index >= 15 is 0 Å². The van der Waals surface area contributed by atoms with E-state index in [2.05, 4.69) is 30.1 Å². The first-order chi connectivity index (χ1) is 13.5. The van der Waals surface area contributed by atoms with Crippen molar-refractivity contribution in [3.63, 3.8) is 0 Å². The molecule has 0 saturated carbocycles. The molecule has 0 heterocycles. The molecule has 0 radical (unpaired) electrons. The molecule has 0 aliphatic heterocycles. The van der Waals surface area contributed by atoms with E-state index in [0.29, 0.717) is 18.1 Å². The van der Waals surface area contributed by atoms with Gasteiger partial charge in [0.25, 0.3) is 0 Å². The molecule has 150 valence electrons. The van der Waals surface area contributed by atoms with Crippen molar-refractivity contribution in [3.05, 3.63) is 53.6 Å². The van der Waals surface area contributed by atoms with Crippen molar-refractivity contribution < 1.29 is 14.3 Å². The van der Waals surface area contributed by atoms with Crippen LogP contribution in [0.4, 0.5) is 11.4 Å². The maximum Gasteiger partial charge on any atom is 0.248 e. The van der Waals surface area contributed by atoms with Gasteiger partial charge in [0.2, 0.25) is 5.91 Å². The van der Waals surface area contributed by atoms with E-state index < -0.39 is 0 Å². The van der Waals surface area contributed by atoms with Gasteiger partial charge in [0, 0.05) is 30.5 Å². The van der Waals surface area contributed by atoms with Crippen LogP contribution in [0.25, 0.3) is 6.08 Å². The molecule has 0 spiro atoms. The lowest BCUT2D eigenvalue weighted by molar-refractivity contribution is -0.111. The van der Waals surface area contributed by atoms with Crippen LogP contribution >= 0.6 is 0 Å². The van der Waals surface area contributed by atoms with Gasteiger partial charge in [-0.15, -0.1) is 0 Å². The number of aryl methyl sites for hydroxylation is 1. The first-order valence-corrected chi connectivity index (χ1v) is 9.67. The molecule has 0 unspecified atom stereocenters. The van der Waals surface area contributed by atoms with Gasteiger partial charge >= 0.3 is 0 Å². The fraction of sp³-hybridized carbons (Fsp3) is 0.348. The van der Waals surface area contributed by atoms with Crippen LogP contribution in [-0.2, 0) is 4.79 Å². The number of anilines is 2. The van der Waals surface area contributed by atoms with Crippen LogP contribution in [0, 0.1) is 6.92 Å². The normalized spacial score (nSPS) is 10.8. The van der Waals surface area contributed by atoms with Gasteiger partial charge in [0.1, 0.15) is 0 Å². The van der Waals surface area contributed by atoms with Crippen molar-refractivity contribution >= 4 is 23.4 Å². The molecule has 28 heavy (non-hydrogen) atoms. The van der Waals surface area contributed by atoms with E-state index in [4.69, 9.17) is 9.47 Å². The highest BCUT2D eigenvalue weighted by Gasteiger charge is 2.07. The van der Waals surface area contributed by atoms with Crippen molar-refractivity contribution in [2.24, 2.45) is 0 Å². The number of methoxy groups -OCH3 is 1. The maximum absolute atomic E-state index is 12.3. The number of nitrogens with zero attached hydrogens (tertiary/aromatic N) is 1. The van der Waals surface area contributed by atoms with Crippen molar-refractivity contribution in [2.75, 3.05) is 37.0 Å². The van der Waals surface area contributed by atoms with E-state index in [9.17, 15) is 4.79 Å². The average Bonchev–Trinajstić information content (AvgIpc) is 2.70. The molecule has 5 nitrogen and oxygen atoms in total. The minimum absolute atomic E-state index is 0.174. The summed E-state index contributed by atoms with van der Waals surface area (Å²) in [5.41, 5.74) is 3.88. The van der Waals surface area contributed by atoms with E-state index in [1.807, 2.05) is 44.2 Å². The predicted octanol–water partition coefficient (Wildman–Crippen LogP) is 4.90. The zero-order valence-electron chi connectivity index (χ0n) is 17.4. The van der Waals surface area contributed by atoms with Crippen molar-refractivity contribution in [3.8, 4) is 11.5 Å². The molecule has 0 saturated heterocycles. The number of benzene rings is 2. The highest BCUT2D eigenvalue weighted by atomic mass is 16.5. The van der Waals surface area contributed by atoms with Gasteiger partial charge in [-0.1, -0.05) is 6.07 Å². The van der Waals surface area contributed by atoms with Crippen LogP contribution in [0.1, 0.15) is 31.9 Å². The molecule has 1 amide bonds. The Bertz CT molecular complexity index is 827. The molecule has 0 aliphatic rings. The Balaban J connectivity index is 2.07. The standard InChI is InChI=1S/C23H30N2O3/c1-6-25(7-2)19-11-12-20(17(4)15-19)24-23(26)14-10-18-9-13-21(28-8-3)22(16-18)27-5/h9-16H,6-8H2,1-5H3,(H,24,26)/b14-10+. The highest BCUT2D eigenvalue weighted by Crippen LogP contribution is 2.28. The van der Waals surface area contributed by atoms with Crippen LogP contribution < -0.4 is 19.7 Å². The molecular formula is C23H30N2O3. The monoisotopic (exact) mass is 382 g/mol. The third kappa shape index (κ3) is 5.52. The molecule has 0 fully saturated rings. The minimum Gasteiger partial charge on any atom is -0.493 e. The summed E-state index contributed by atoms with van der Waals surface area (Å²) in [7, 11) is 1.60. The van der Waals surface area contributed by atoms with Crippen LogP contribution in [0.5, 0.6) is 11.5 Å². The summed E-state index contributed by atoms with van der Waals surface area (Å²) in [6.45, 7) is 10.7. The predicted molar refractivity (Wildman–Crippen MR) is 117 cm³/mol. The van der Waals surface area contributed by atoms with E-state index in [1.165, 1.54) is 6.08 Å². The Labute approximate surface area is 168 Å². The maximum atomic E-state index is 12.3. The SMILES string of the molecule is CCOc1ccc(/C=C/C(=O)Nc2ccc(N(CC)CC)cc2C)cc1OC. The molecule has 5 heteroatoms. The largest absolute Gasteiger partial charge is 0.493 e. The Morgan fingerprint density at radius 1 is 1.07 bits per heavy atom. The molecule has 2 rings (SSSR count). The van der Waals surface area contributed by atoms with Gasteiger partial charge in [-0.05, 0) is 75.2 Å². The number of carbonyl (C=O) groups is 1. The van der Waals surface area contributed by atoms with Crippen molar-refractivity contribution in [1.82, 2.24) is 0 Å². The third-order valence-electron chi connectivity index (χ3n) is 4.51. The molecule has 0 aliphatic carbocycles. The van der Waals surface area contributed by atoms with Gasteiger partial charge < -0.3 is 19.7 Å². The van der Waals surface area contributed by atoms with Gasteiger partial charge in [-0.3, -0.25) is 4.79 Å². The van der Waals surface area contributed by atoms with Gasteiger partial charge in [0.05, 0.1) is 13.7 Å². The smallest absolute Gasteiger partial charge is 0.248 e. The van der Waals surface area contributed by atoms with Crippen molar-refractivity contribution in [2.45, 2.75) is 27.7 Å². The lowest BCUT2D eigenvalue weighted by atomic mass is 10.1. The zero-order chi connectivity index (χ0) is 20.5. The number of carbonyl (C=O) groups excluding carboxylic acids is 1. The van der Waals surface area contributed by atoms with Crippen LogP contribution in [-0.4, -0.2) is 32.7 Å². The van der Waals surface area contributed by atoms with Crippen LogP contribution in [0.3, 0.4) is 0 Å². The van der Waals surface area contributed by atoms with E-state index in [-0.39, 0.29) is 5.91 Å². The van der Waals surface area contributed by atoms with Crippen LogP contribution in [0.15, 0.2) is 42.5 Å². The summed E-state index contributed by atoms with van der Waals surface area (Å²) in [5.74, 6) is 1.16. The first-order valence-electron chi connectivity index (χ1n) is 9.67. The number of ether oxygens (including phenoxy) is 2. The summed E-state index contributed by atoms with van der Waals surface area (Å²) in [4.78, 5) is 14.6. The lowest BCUT2D eigenvalue weighted by Gasteiger charge is -2.22. The number of nitrogens with one attached hydrogen (secondary N) is 1. The average molecular weight is 383 g/mol. The summed E-state index contributed by atoms with van der Waals surface area (Å²) in [6.07, 6.45) is 3.28. The van der Waals surface area contributed by atoms with E-state index in [0.717, 1.165) is 35.6 Å². The Morgan fingerprint density at radius 3 is 2.43 bits per heavy atom. The quantitative estimate of drug-likeness (QED) is 0.627. The molecular weight excluding hydrogens is 352 g/mol. The number of rotatable bonds is 9. The Kier molecular flexibility index (Phi) is 7.93. The number of hydrogen-bond donors (Lipinski definition) is 1. The Morgan fingerprint density at radius 2 is 1.82 bits per heavy atom. The molecule has 0 atom stereocenters. The highest BCUT2D eigenvalue weighted by molar-refractivity contribution is 6.02. The van der Waals surface area contributed by atoms with Crippen molar-refractivity contribution in [1.29, 1.82) is 0 Å². The lowest BCUT2D eigenvalue weighted by Crippen LogP contribution is -2.22. The fourth-order valence-corrected chi connectivity index (χ4v) is 2.98. The van der Waals surface area contributed by atoms with Gasteiger partial charge in [-0.2, -0.15) is 0 Å². The van der Waals surface area contributed by atoms with Gasteiger partial charge in [0.15, 0.2) is 11.5 Å². The molecule has 2 aromatic rings. The van der Waals surface area contributed by atoms with Gasteiger partial charge in [-0.25, -0.2) is 0 Å². The molecule has 1 N–H and O–H groups in total. The van der Waals surface area contributed by atoms with Crippen LogP contribution in [0.2, 0.25) is 0 Å². The number of amides is 1. The second-order valence-corrected chi connectivity index (χ2v) is 6.34. The molecule has 0 bridgehead atoms. The summed E-state index contributed by atoms with van der Waals surface area (Å²) in [6, 6.07) is 11.7.